The Morgan fingerprint density at radius 2 is 1.79 bits per heavy atom. The molecule has 0 bridgehead atoms. The van der Waals surface area contributed by atoms with Gasteiger partial charge in [0.15, 0.2) is 11.5 Å². The quantitative estimate of drug-likeness (QED) is 0.122. The maximum absolute atomic E-state index is 9.77. The van der Waals surface area contributed by atoms with Gasteiger partial charge in [0.25, 0.3) is 5.97 Å². The van der Waals surface area contributed by atoms with E-state index in [9.17, 15) is 30.6 Å². The number of H-pyrrole nitrogens is 1. The second-order valence-corrected chi connectivity index (χ2v) is 8.10. The number of nitrogens with zero attached hydrogens (tertiary/aromatic N) is 4. The summed E-state index contributed by atoms with van der Waals surface area (Å²) in [6, 6.07) is 4.88. The number of hydrogen-bond acceptors (Lipinski definition) is 17. The van der Waals surface area contributed by atoms with Crippen LogP contribution in [0, 0.1) is 11.3 Å². The average Bonchev–Trinajstić information content (AvgIpc) is 3.78. The first-order valence-corrected chi connectivity index (χ1v) is 11.5. The van der Waals surface area contributed by atoms with E-state index in [0.29, 0.717) is 17.2 Å². The van der Waals surface area contributed by atoms with Crippen LogP contribution in [0.1, 0.15) is 24.4 Å². The highest BCUT2D eigenvalue weighted by molar-refractivity contribution is 5.85. The molecule has 0 aromatic carbocycles. The van der Waals surface area contributed by atoms with E-state index in [4.69, 9.17) is 35.8 Å². The molecule has 0 radical (unpaired) electrons. The SMILES string of the molecule is CC(=O)O.Cl.N#Cc1ccon1.NCC1(O)O[C@H](CO)[C@@H](O)[C@@H]1O.OC[C@@H](O)[C@@H](O)[C@H](O)c1cnc(-c2ccon2)[nH]1. The number of aromatic amines is 1. The van der Waals surface area contributed by atoms with Gasteiger partial charge in [-0.15, -0.1) is 12.4 Å². The third kappa shape index (κ3) is 11.4. The van der Waals surface area contributed by atoms with E-state index in [2.05, 4.69) is 29.3 Å². The van der Waals surface area contributed by atoms with Gasteiger partial charge in [0, 0.05) is 25.6 Å². The monoisotopic (exact) mass is 624 g/mol. The van der Waals surface area contributed by atoms with Crippen LogP contribution in [0.3, 0.4) is 0 Å². The minimum Gasteiger partial charge on any atom is -0.481 e. The van der Waals surface area contributed by atoms with E-state index in [1.165, 1.54) is 24.8 Å². The van der Waals surface area contributed by atoms with Crippen LogP contribution in [0.15, 0.2) is 39.9 Å². The van der Waals surface area contributed by atoms with Crippen LogP contribution in [0.2, 0.25) is 0 Å². The molecule has 42 heavy (non-hydrogen) atoms. The van der Waals surface area contributed by atoms with Crippen LogP contribution in [0.5, 0.6) is 0 Å². The summed E-state index contributed by atoms with van der Waals surface area (Å²) in [6.45, 7) is -0.370. The molecule has 4 heterocycles. The molecule has 0 saturated carbocycles. The Morgan fingerprint density at radius 3 is 2.17 bits per heavy atom. The van der Waals surface area contributed by atoms with Gasteiger partial charge in [-0.3, -0.25) is 4.79 Å². The fourth-order valence-corrected chi connectivity index (χ4v) is 2.91. The predicted octanol–water partition coefficient (Wildman–Crippen LogP) is -3.38. The summed E-state index contributed by atoms with van der Waals surface area (Å²) in [4.78, 5) is 15.7. The molecule has 0 amide bonds. The molecule has 1 fully saturated rings. The second-order valence-electron chi connectivity index (χ2n) is 8.10. The average molecular weight is 625 g/mol. The van der Waals surface area contributed by atoms with Crippen LogP contribution >= 0.6 is 12.4 Å². The summed E-state index contributed by atoms with van der Waals surface area (Å²) in [5.41, 5.74) is 6.08. The minimum absolute atomic E-state index is 0. The molecule has 0 spiro atoms. The van der Waals surface area contributed by atoms with Crippen LogP contribution in [0.25, 0.3) is 11.5 Å². The van der Waals surface area contributed by atoms with Gasteiger partial charge >= 0.3 is 0 Å². The fourth-order valence-electron chi connectivity index (χ4n) is 2.91. The number of aliphatic hydroxyl groups is 8. The number of nitrogens with two attached hydrogens (primary N) is 1. The van der Waals surface area contributed by atoms with E-state index in [1.54, 1.807) is 12.1 Å². The first-order chi connectivity index (χ1) is 19.3. The number of nitrogens with one attached hydrogen (secondary N) is 1. The molecule has 1 aliphatic rings. The molecule has 20 heteroatoms. The molecule has 3 aromatic heterocycles. The van der Waals surface area contributed by atoms with Crippen molar-refractivity contribution < 1.29 is 64.5 Å². The highest BCUT2D eigenvalue weighted by Crippen LogP contribution is 2.27. The maximum Gasteiger partial charge on any atom is 0.300 e. The van der Waals surface area contributed by atoms with Crippen molar-refractivity contribution in [1.29, 1.82) is 5.26 Å². The molecule has 4 rings (SSSR count). The van der Waals surface area contributed by atoms with Crippen molar-refractivity contribution in [3.05, 3.63) is 42.2 Å². The second kappa shape index (κ2) is 18.8. The van der Waals surface area contributed by atoms with Gasteiger partial charge < -0.3 is 70.5 Å². The molecule has 1 unspecified atom stereocenters. The van der Waals surface area contributed by atoms with Crippen molar-refractivity contribution in [2.45, 2.75) is 49.3 Å². The summed E-state index contributed by atoms with van der Waals surface area (Å²) in [6.07, 6.45) is -4.05. The summed E-state index contributed by atoms with van der Waals surface area (Å²) in [5.74, 6) is -2.41. The highest BCUT2D eigenvalue weighted by atomic mass is 35.5. The molecule has 12 N–H and O–H groups in total. The molecule has 7 atom stereocenters. The molecule has 236 valence electrons. The van der Waals surface area contributed by atoms with Crippen molar-refractivity contribution in [3.8, 4) is 17.6 Å². The Kier molecular flexibility index (Phi) is 17.2. The zero-order chi connectivity index (χ0) is 31.2. The number of hydrogen-bond donors (Lipinski definition) is 11. The number of carboxylic acids is 1. The lowest BCUT2D eigenvalue weighted by Gasteiger charge is -2.23. The maximum atomic E-state index is 9.77. The smallest absolute Gasteiger partial charge is 0.300 e. The number of imidazole rings is 1. The lowest BCUT2D eigenvalue weighted by Crippen LogP contribution is -2.48. The van der Waals surface area contributed by atoms with Gasteiger partial charge in [0.1, 0.15) is 60.9 Å². The molecule has 0 aliphatic carbocycles. The molecule has 19 nitrogen and oxygen atoms in total. The largest absolute Gasteiger partial charge is 0.481 e. The number of aliphatic carboxylic acids is 1. The Bertz CT molecular complexity index is 1170. The lowest BCUT2D eigenvalue weighted by atomic mass is 10.1. The number of carboxylic acid groups (broad SMARTS) is 1. The Morgan fingerprint density at radius 1 is 1.19 bits per heavy atom. The first kappa shape index (κ1) is 38.5. The third-order valence-corrected chi connectivity index (χ3v) is 5.05. The standard InChI is InChI=1S/C10H13N3O5.C6H13NO5.C4H2N2O.C2H4O2.ClH/c14-4-7(15)9(17)8(16)6-3-11-10(12-6)5-1-2-18-13-5;7-2-6(11)5(10)4(9)3(1-8)12-6;5-3-4-1-2-7-6-4;1-2(3)4;/h1-3,7-9,14-17H,4H2,(H,11,12);3-5,8-11H,1-2,7H2;1-2H;1H3,(H,3,4);1H/t7-,8-,9-;3-,4-,5+,6?;;;/m11.../s1. The summed E-state index contributed by atoms with van der Waals surface area (Å²) >= 11 is 0. The molecule has 1 aliphatic heterocycles. The summed E-state index contributed by atoms with van der Waals surface area (Å²) < 4.78 is 13.7. The van der Waals surface area contributed by atoms with Gasteiger partial charge in [0.05, 0.1) is 25.1 Å². The number of aromatic nitrogens is 4. The van der Waals surface area contributed by atoms with E-state index in [-0.39, 0.29) is 24.6 Å². The number of nitriles is 1. The Hall–Kier alpha value is -3.52. The molecule has 3 aromatic rings. The Labute approximate surface area is 243 Å². The van der Waals surface area contributed by atoms with Gasteiger partial charge in [-0.25, -0.2) is 4.98 Å². The predicted molar refractivity (Wildman–Crippen MR) is 138 cm³/mol. The summed E-state index contributed by atoms with van der Waals surface area (Å²) in [5, 5.41) is 96.0. The number of ether oxygens (including phenoxy) is 1. The van der Waals surface area contributed by atoms with Crippen LogP contribution in [-0.4, -0.2) is 128 Å². The van der Waals surface area contributed by atoms with Gasteiger partial charge in [-0.05, 0) is 0 Å². The number of aliphatic hydroxyl groups excluding tert-OH is 7. The third-order valence-electron chi connectivity index (χ3n) is 5.05. The van der Waals surface area contributed by atoms with Crippen LogP contribution < -0.4 is 5.73 Å². The number of carbonyl (C=O) groups is 1. The van der Waals surface area contributed by atoms with Crippen molar-refractivity contribution in [3.63, 3.8) is 0 Å². The zero-order valence-corrected chi connectivity index (χ0v) is 22.7. The zero-order valence-electron chi connectivity index (χ0n) is 21.9. The van der Waals surface area contributed by atoms with E-state index in [1.807, 2.05) is 0 Å². The van der Waals surface area contributed by atoms with Crippen molar-refractivity contribution in [1.82, 2.24) is 20.3 Å². The summed E-state index contributed by atoms with van der Waals surface area (Å²) in [7, 11) is 0. The topological polar surface area (TPSA) is 339 Å². The van der Waals surface area contributed by atoms with Crippen LogP contribution in [0.4, 0.5) is 0 Å². The molecular weight excluding hydrogens is 592 g/mol. The minimum atomic E-state index is -1.94. The van der Waals surface area contributed by atoms with E-state index >= 15 is 0 Å². The fraction of sp³-hybridized carbons (Fsp3) is 0.500. The van der Waals surface area contributed by atoms with Gasteiger partial charge in [0.2, 0.25) is 5.79 Å². The molecular formula is C22H33ClN6O13. The van der Waals surface area contributed by atoms with Gasteiger partial charge in [-0.2, -0.15) is 5.26 Å². The Balaban J connectivity index is 0.000000603. The normalized spacial score (nSPS) is 22.7. The molecule has 1 saturated heterocycles. The van der Waals surface area contributed by atoms with Crippen molar-refractivity contribution in [2.24, 2.45) is 5.73 Å². The van der Waals surface area contributed by atoms with Crippen LogP contribution in [-0.2, 0) is 9.53 Å². The van der Waals surface area contributed by atoms with Crippen molar-refractivity contribution in [2.75, 3.05) is 19.8 Å². The van der Waals surface area contributed by atoms with E-state index in [0.717, 1.165) is 6.92 Å². The van der Waals surface area contributed by atoms with E-state index < -0.39 is 61.6 Å². The van der Waals surface area contributed by atoms with Crippen molar-refractivity contribution >= 4 is 18.4 Å². The number of rotatable bonds is 7. The number of halogens is 1. The van der Waals surface area contributed by atoms with Gasteiger partial charge in [-0.1, -0.05) is 10.3 Å². The highest BCUT2D eigenvalue weighted by Gasteiger charge is 2.52. The first-order valence-electron chi connectivity index (χ1n) is 11.5. The lowest BCUT2D eigenvalue weighted by molar-refractivity contribution is -0.222.